The van der Waals surface area contributed by atoms with Crippen LogP contribution in [0.15, 0.2) is 48.8 Å². The number of rotatable bonds is 4. The van der Waals surface area contributed by atoms with Gasteiger partial charge < -0.3 is 10.1 Å². The van der Waals surface area contributed by atoms with Crippen molar-refractivity contribution in [3.05, 3.63) is 53.8 Å². The fourth-order valence-corrected chi connectivity index (χ4v) is 2.26. The molecule has 1 aromatic heterocycles. The zero-order valence-corrected chi connectivity index (χ0v) is 14.0. The first kappa shape index (κ1) is 16.2. The van der Waals surface area contributed by atoms with Crippen LogP contribution in [-0.2, 0) is 4.79 Å². The van der Waals surface area contributed by atoms with Gasteiger partial charge in [-0.2, -0.15) is 0 Å². The molecule has 0 saturated heterocycles. The number of ether oxygens (including phenoxy) is 1. The number of fused-ring (bicyclic) bond motifs is 1. The van der Waals surface area contributed by atoms with Gasteiger partial charge in [-0.3, -0.25) is 4.79 Å². The van der Waals surface area contributed by atoms with E-state index in [2.05, 4.69) is 15.3 Å². The second-order valence-electron chi connectivity index (χ2n) is 5.61. The molecule has 24 heavy (non-hydrogen) atoms. The maximum atomic E-state index is 11.7. The van der Waals surface area contributed by atoms with Crippen LogP contribution >= 0.6 is 11.6 Å². The lowest BCUT2D eigenvalue weighted by Gasteiger charge is -2.10. The number of hydrogen-bond donors (Lipinski definition) is 1. The Morgan fingerprint density at radius 1 is 1.12 bits per heavy atom. The Kier molecular flexibility index (Phi) is 4.62. The van der Waals surface area contributed by atoms with Crippen LogP contribution in [0, 0.1) is 5.92 Å². The van der Waals surface area contributed by atoms with Crippen molar-refractivity contribution in [1.29, 1.82) is 0 Å². The van der Waals surface area contributed by atoms with Crippen LogP contribution in [0.25, 0.3) is 10.9 Å². The normalized spacial score (nSPS) is 10.8. The summed E-state index contributed by atoms with van der Waals surface area (Å²) in [5.41, 5.74) is 1.44. The van der Waals surface area contributed by atoms with Crippen LogP contribution in [-0.4, -0.2) is 15.9 Å². The molecule has 0 aliphatic carbocycles. The van der Waals surface area contributed by atoms with Crippen molar-refractivity contribution in [1.82, 2.24) is 9.97 Å². The lowest BCUT2D eigenvalue weighted by atomic mass is 10.2. The Balaban J connectivity index is 1.80. The van der Waals surface area contributed by atoms with Crippen LogP contribution < -0.4 is 10.1 Å². The van der Waals surface area contributed by atoms with Gasteiger partial charge in [-0.25, -0.2) is 9.97 Å². The molecule has 1 amide bonds. The monoisotopic (exact) mass is 341 g/mol. The summed E-state index contributed by atoms with van der Waals surface area (Å²) in [6.07, 6.45) is 1.44. The van der Waals surface area contributed by atoms with Gasteiger partial charge in [0.2, 0.25) is 11.8 Å². The number of hydrogen-bond acceptors (Lipinski definition) is 4. The van der Waals surface area contributed by atoms with Crippen molar-refractivity contribution < 1.29 is 9.53 Å². The molecule has 0 bridgehead atoms. The zero-order chi connectivity index (χ0) is 17.1. The van der Waals surface area contributed by atoms with Gasteiger partial charge in [0, 0.05) is 16.6 Å². The van der Waals surface area contributed by atoms with Crippen LogP contribution in [0.5, 0.6) is 11.6 Å². The number of halogens is 1. The predicted octanol–water partition coefficient (Wildman–Crippen LogP) is 4.67. The van der Waals surface area contributed by atoms with Crippen molar-refractivity contribution in [2.24, 2.45) is 5.92 Å². The van der Waals surface area contributed by atoms with Crippen molar-refractivity contribution in [3.63, 3.8) is 0 Å². The molecule has 0 radical (unpaired) electrons. The highest BCUT2D eigenvalue weighted by atomic mass is 35.5. The highest BCUT2D eigenvalue weighted by molar-refractivity contribution is 6.31. The first-order valence-electron chi connectivity index (χ1n) is 7.52. The summed E-state index contributed by atoms with van der Waals surface area (Å²) in [4.78, 5) is 20.1. The van der Waals surface area contributed by atoms with Crippen LogP contribution in [0.2, 0.25) is 5.02 Å². The third kappa shape index (κ3) is 3.63. The van der Waals surface area contributed by atoms with E-state index in [0.29, 0.717) is 22.2 Å². The molecule has 0 saturated carbocycles. The van der Waals surface area contributed by atoms with E-state index in [1.54, 1.807) is 36.4 Å². The SMILES string of the molecule is CC(C)C(=O)Nc1ccc(Oc2ncnc3cc(Cl)ccc23)cc1. The molecule has 1 N–H and O–H groups in total. The summed E-state index contributed by atoms with van der Waals surface area (Å²) in [7, 11) is 0. The zero-order valence-electron chi connectivity index (χ0n) is 13.3. The lowest BCUT2D eigenvalue weighted by molar-refractivity contribution is -0.118. The van der Waals surface area contributed by atoms with Crippen molar-refractivity contribution >= 4 is 34.1 Å². The van der Waals surface area contributed by atoms with Gasteiger partial charge in [0.1, 0.15) is 12.1 Å². The van der Waals surface area contributed by atoms with Crippen molar-refractivity contribution in [2.75, 3.05) is 5.32 Å². The van der Waals surface area contributed by atoms with E-state index in [0.717, 1.165) is 11.1 Å². The maximum absolute atomic E-state index is 11.7. The maximum Gasteiger partial charge on any atom is 0.230 e. The smallest absolute Gasteiger partial charge is 0.230 e. The molecule has 2 aromatic carbocycles. The molecule has 0 fully saturated rings. The number of carbonyl (C=O) groups is 1. The highest BCUT2D eigenvalue weighted by Crippen LogP contribution is 2.28. The molecular formula is C18H16ClN3O2. The summed E-state index contributed by atoms with van der Waals surface area (Å²) in [6.45, 7) is 3.69. The Morgan fingerprint density at radius 3 is 2.58 bits per heavy atom. The standard InChI is InChI=1S/C18H16ClN3O2/c1-11(2)17(23)22-13-4-6-14(7-5-13)24-18-15-8-3-12(19)9-16(15)20-10-21-18/h3-11H,1-2H3,(H,22,23). The fraction of sp³-hybridized carbons (Fsp3) is 0.167. The van der Waals surface area contributed by atoms with E-state index < -0.39 is 0 Å². The number of nitrogens with zero attached hydrogens (tertiary/aromatic N) is 2. The number of anilines is 1. The van der Waals surface area contributed by atoms with Gasteiger partial charge >= 0.3 is 0 Å². The number of carbonyl (C=O) groups excluding carboxylic acids is 1. The molecule has 3 aromatic rings. The number of nitrogens with one attached hydrogen (secondary N) is 1. The minimum Gasteiger partial charge on any atom is -0.438 e. The van der Waals surface area contributed by atoms with Gasteiger partial charge in [-0.15, -0.1) is 0 Å². The molecule has 1 heterocycles. The van der Waals surface area contributed by atoms with E-state index in [4.69, 9.17) is 16.3 Å². The number of benzene rings is 2. The Bertz CT molecular complexity index is 879. The highest BCUT2D eigenvalue weighted by Gasteiger charge is 2.09. The predicted molar refractivity (Wildman–Crippen MR) is 94.5 cm³/mol. The van der Waals surface area contributed by atoms with E-state index >= 15 is 0 Å². The summed E-state index contributed by atoms with van der Waals surface area (Å²) < 4.78 is 5.83. The van der Waals surface area contributed by atoms with Crippen LogP contribution in [0.4, 0.5) is 5.69 Å². The van der Waals surface area contributed by atoms with Gasteiger partial charge in [-0.1, -0.05) is 25.4 Å². The summed E-state index contributed by atoms with van der Waals surface area (Å²) in [5.74, 6) is 0.977. The minimum atomic E-state index is -0.0693. The summed E-state index contributed by atoms with van der Waals surface area (Å²) in [6, 6.07) is 12.5. The average Bonchev–Trinajstić information content (AvgIpc) is 2.56. The van der Waals surface area contributed by atoms with Crippen molar-refractivity contribution in [2.45, 2.75) is 13.8 Å². The Morgan fingerprint density at radius 2 is 1.88 bits per heavy atom. The Hall–Kier alpha value is -2.66. The number of amides is 1. The molecule has 0 aliphatic heterocycles. The third-order valence-corrected chi connectivity index (χ3v) is 3.66. The molecule has 122 valence electrons. The molecule has 3 rings (SSSR count). The molecule has 0 atom stereocenters. The number of aromatic nitrogens is 2. The summed E-state index contributed by atoms with van der Waals surface area (Å²) in [5, 5.41) is 4.22. The van der Waals surface area contributed by atoms with Gasteiger partial charge in [0.25, 0.3) is 0 Å². The quantitative estimate of drug-likeness (QED) is 0.749. The van der Waals surface area contributed by atoms with Gasteiger partial charge in [-0.05, 0) is 42.5 Å². The first-order chi connectivity index (χ1) is 11.5. The van der Waals surface area contributed by atoms with Gasteiger partial charge in [0.15, 0.2) is 0 Å². The summed E-state index contributed by atoms with van der Waals surface area (Å²) >= 11 is 5.98. The van der Waals surface area contributed by atoms with Crippen LogP contribution in [0.1, 0.15) is 13.8 Å². The molecule has 0 aliphatic rings. The largest absolute Gasteiger partial charge is 0.438 e. The molecule has 6 heteroatoms. The van der Waals surface area contributed by atoms with E-state index in [1.165, 1.54) is 6.33 Å². The minimum absolute atomic E-state index is 0.0256. The first-order valence-corrected chi connectivity index (χ1v) is 7.90. The second-order valence-corrected chi connectivity index (χ2v) is 6.05. The molecule has 5 nitrogen and oxygen atoms in total. The topological polar surface area (TPSA) is 64.1 Å². The molecule has 0 unspecified atom stereocenters. The van der Waals surface area contributed by atoms with E-state index in [-0.39, 0.29) is 11.8 Å². The Labute approximate surface area is 144 Å². The average molecular weight is 342 g/mol. The van der Waals surface area contributed by atoms with Crippen LogP contribution in [0.3, 0.4) is 0 Å². The lowest BCUT2D eigenvalue weighted by Crippen LogP contribution is -2.17. The van der Waals surface area contributed by atoms with E-state index in [1.807, 2.05) is 19.9 Å². The van der Waals surface area contributed by atoms with Gasteiger partial charge in [0.05, 0.1) is 10.9 Å². The van der Waals surface area contributed by atoms with Crippen molar-refractivity contribution in [3.8, 4) is 11.6 Å². The fourth-order valence-electron chi connectivity index (χ4n) is 2.09. The third-order valence-electron chi connectivity index (χ3n) is 3.42. The van der Waals surface area contributed by atoms with E-state index in [9.17, 15) is 4.79 Å². The molecule has 0 spiro atoms. The second kappa shape index (κ2) is 6.84. The molecular weight excluding hydrogens is 326 g/mol.